The molecule has 0 saturated carbocycles. The summed E-state index contributed by atoms with van der Waals surface area (Å²) in [5, 5.41) is 4.03. The fourth-order valence-electron chi connectivity index (χ4n) is 2.55. The molecule has 0 radical (unpaired) electrons. The minimum Gasteiger partial charge on any atom is -0.496 e. The van der Waals surface area contributed by atoms with E-state index in [0.29, 0.717) is 0 Å². The lowest BCUT2D eigenvalue weighted by Gasteiger charge is -2.20. The van der Waals surface area contributed by atoms with Crippen molar-refractivity contribution in [1.29, 1.82) is 0 Å². The van der Waals surface area contributed by atoms with Gasteiger partial charge in [-0.15, -0.1) is 0 Å². The fourth-order valence-corrected chi connectivity index (χ4v) is 4.85. The second kappa shape index (κ2) is 6.77. The Morgan fingerprint density at radius 3 is 1.73 bits per heavy atom. The van der Waals surface area contributed by atoms with E-state index >= 15 is 0 Å². The molecule has 2 heteroatoms. The van der Waals surface area contributed by atoms with E-state index in [9.17, 15) is 0 Å². The Kier molecular flexibility index (Phi) is 4.56. The van der Waals surface area contributed by atoms with Crippen LogP contribution in [0.4, 0.5) is 0 Å². The molecule has 0 aliphatic heterocycles. The van der Waals surface area contributed by atoms with E-state index < -0.39 is 7.92 Å². The van der Waals surface area contributed by atoms with Gasteiger partial charge in [-0.05, 0) is 42.4 Å². The summed E-state index contributed by atoms with van der Waals surface area (Å²) < 4.78 is 5.52. The van der Waals surface area contributed by atoms with Crippen LogP contribution >= 0.6 is 7.92 Å². The predicted molar refractivity (Wildman–Crippen MR) is 96.4 cm³/mol. The molecule has 3 rings (SSSR count). The van der Waals surface area contributed by atoms with Crippen molar-refractivity contribution < 1.29 is 4.74 Å². The minimum atomic E-state index is -0.560. The zero-order valence-corrected chi connectivity index (χ0v) is 13.8. The molecule has 0 bridgehead atoms. The first-order valence-corrected chi connectivity index (χ1v) is 8.68. The molecule has 3 aromatic carbocycles. The van der Waals surface area contributed by atoms with Gasteiger partial charge in [0.15, 0.2) is 0 Å². The van der Waals surface area contributed by atoms with Crippen LogP contribution in [-0.2, 0) is 0 Å². The van der Waals surface area contributed by atoms with Crippen LogP contribution in [0.2, 0.25) is 0 Å². The van der Waals surface area contributed by atoms with Gasteiger partial charge in [0.2, 0.25) is 0 Å². The van der Waals surface area contributed by atoms with Gasteiger partial charge in [-0.3, -0.25) is 0 Å². The SMILES string of the molecule is COc1cc(P(c2ccccc2)c2ccccc2)ccc1C. The molecular formula is C20H19OP. The molecule has 0 spiro atoms. The summed E-state index contributed by atoms with van der Waals surface area (Å²) in [6.45, 7) is 2.08. The lowest BCUT2D eigenvalue weighted by atomic mass is 10.2. The average molecular weight is 306 g/mol. The average Bonchev–Trinajstić information content (AvgIpc) is 2.58. The second-order valence-electron chi connectivity index (χ2n) is 5.16. The third-order valence-electron chi connectivity index (χ3n) is 3.68. The van der Waals surface area contributed by atoms with Crippen molar-refractivity contribution in [3.63, 3.8) is 0 Å². The topological polar surface area (TPSA) is 9.23 Å². The smallest absolute Gasteiger partial charge is 0.122 e. The first-order chi connectivity index (χ1) is 10.8. The zero-order valence-electron chi connectivity index (χ0n) is 12.9. The van der Waals surface area contributed by atoms with Crippen LogP contribution in [0, 0.1) is 6.92 Å². The van der Waals surface area contributed by atoms with E-state index in [2.05, 4.69) is 85.8 Å². The van der Waals surface area contributed by atoms with Crippen molar-refractivity contribution in [2.45, 2.75) is 6.92 Å². The van der Waals surface area contributed by atoms with Gasteiger partial charge >= 0.3 is 0 Å². The number of rotatable bonds is 4. The van der Waals surface area contributed by atoms with Gasteiger partial charge in [0.05, 0.1) is 7.11 Å². The van der Waals surface area contributed by atoms with E-state index in [1.54, 1.807) is 7.11 Å². The van der Waals surface area contributed by atoms with E-state index in [0.717, 1.165) is 5.75 Å². The van der Waals surface area contributed by atoms with Crippen molar-refractivity contribution in [3.05, 3.63) is 84.4 Å². The van der Waals surface area contributed by atoms with Crippen molar-refractivity contribution >= 4 is 23.8 Å². The molecule has 0 amide bonds. The molecule has 0 atom stereocenters. The maximum atomic E-state index is 5.52. The number of aryl methyl sites for hydroxylation is 1. The van der Waals surface area contributed by atoms with Gasteiger partial charge in [0.1, 0.15) is 5.75 Å². The predicted octanol–water partition coefficient (Wildman–Crippen LogP) is 3.76. The van der Waals surface area contributed by atoms with Crippen molar-refractivity contribution in [2.75, 3.05) is 7.11 Å². The lowest BCUT2D eigenvalue weighted by molar-refractivity contribution is 0.412. The highest BCUT2D eigenvalue weighted by Crippen LogP contribution is 2.34. The molecule has 1 nitrogen and oxygen atoms in total. The van der Waals surface area contributed by atoms with Gasteiger partial charge in [0, 0.05) is 0 Å². The number of benzene rings is 3. The van der Waals surface area contributed by atoms with Gasteiger partial charge in [0.25, 0.3) is 0 Å². The minimum absolute atomic E-state index is 0.560. The van der Waals surface area contributed by atoms with Crippen molar-refractivity contribution in [3.8, 4) is 5.75 Å². The summed E-state index contributed by atoms with van der Waals surface area (Å²) in [4.78, 5) is 0. The molecule has 0 unspecified atom stereocenters. The van der Waals surface area contributed by atoms with Crippen LogP contribution in [0.1, 0.15) is 5.56 Å². The zero-order chi connectivity index (χ0) is 15.4. The van der Waals surface area contributed by atoms with Gasteiger partial charge in [-0.25, -0.2) is 0 Å². The molecular weight excluding hydrogens is 287 g/mol. The number of hydrogen-bond donors (Lipinski definition) is 0. The van der Waals surface area contributed by atoms with Crippen LogP contribution in [0.15, 0.2) is 78.9 Å². The molecule has 0 fully saturated rings. The molecule has 0 aliphatic carbocycles. The Labute approximate surface area is 133 Å². The summed E-state index contributed by atoms with van der Waals surface area (Å²) >= 11 is 0. The highest BCUT2D eigenvalue weighted by atomic mass is 31.1. The number of ether oxygens (including phenoxy) is 1. The van der Waals surface area contributed by atoms with Gasteiger partial charge in [-0.2, -0.15) is 0 Å². The summed E-state index contributed by atoms with van der Waals surface area (Å²) in [6.07, 6.45) is 0. The summed E-state index contributed by atoms with van der Waals surface area (Å²) in [6, 6.07) is 28.0. The first-order valence-electron chi connectivity index (χ1n) is 7.34. The van der Waals surface area contributed by atoms with Crippen LogP contribution < -0.4 is 20.7 Å². The van der Waals surface area contributed by atoms with E-state index in [4.69, 9.17) is 4.74 Å². The van der Waals surface area contributed by atoms with Crippen LogP contribution in [0.5, 0.6) is 5.75 Å². The summed E-state index contributed by atoms with van der Waals surface area (Å²) in [5.41, 5.74) is 1.17. The molecule has 22 heavy (non-hydrogen) atoms. The molecule has 0 saturated heterocycles. The second-order valence-corrected chi connectivity index (χ2v) is 7.38. The normalized spacial score (nSPS) is 10.7. The quantitative estimate of drug-likeness (QED) is 0.667. The maximum Gasteiger partial charge on any atom is 0.122 e. The molecule has 3 aromatic rings. The van der Waals surface area contributed by atoms with Crippen LogP contribution in [-0.4, -0.2) is 7.11 Å². The van der Waals surface area contributed by atoms with Crippen molar-refractivity contribution in [1.82, 2.24) is 0 Å². The van der Waals surface area contributed by atoms with Gasteiger partial charge in [-0.1, -0.05) is 72.8 Å². The molecule has 0 heterocycles. The molecule has 110 valence electrons. The molecule has 0 aromatic heterocycles. The fraction of sp³-hybridized carbons (Fsp3) is 0.100. The van der Waals surface area contributed by atoms with Crippen LogP contribution in [0.3, 0.4) is 0 Å². The Morgan fingerprint density at radius 1 is 0.682 bits per heavy atom. The number of hydrogen-bond acceptors (Lipinski definition) is 1. The Bertz CT molecular complexity index is 699. The monoisotopic (exact) mass is 306 g/mol. The largest absolute Gasteiger partial charge is 0.496 e. The standard InChI is InChI=1S/C20H19OP/c1-16-13-14-19(15-20(16)21-2)22(17-9-5-3-6-10-17)18-11-7-4-8-12-18/h3-15H,1-2H3. The summed E-state index contributed by atoms with van der Waals surface area (Å²) in [5.74, 6) is 0.955. The van der Waals surface area contributed by atoms with Crippen LogP contribution in [0.25, 0.3) is 0 Å². The third-order valence-corrected chi connectivity index (χ3v) is 6.10. The maximum absolute atomic E-state index is 5.52. The first kappa shape index (κ1) is 14.8. The molecule has 0 aliphatic rings. The summed E-state index contributed by atoms with van der Waals surface area (Å²) in [7, 11) is 1.18. The highest BCUT2D eigenvalue weighted by Gasteiger charge is 2.17. The third kappa shape index (κ3) is 3.05. The van der Waals surface area contributed by atoms with E-state index in [1.165, 1.54) is 21.5 Å². The highest BCUT2D eigenvalue weighted by molar-refractivity contribution is 7.79. The Hall–Kier alpha value is -2.11. The molecule has 0 N–H and O–H groups in total. The lowest BCUT2D eigenvalue weighted by Crippen LogP contribution is -2.20. The van der Waals surface area contributed by atoms with Crippen molar-refractivity contribution in [2.24, 2.45) is 0 Å². The Balaban J connectivity index is 2.14. The van der Waals surface area contributed by atoms with Gasteiger partial charge < -0.3 is 4.74 Å². The Morgan fingerprint density at radius 2 is 1.23 bits per heavy atom. The van der Waals surface area contributed by atoms with E-state index in [-0.39, 0.29) is 0 Å². The van der Waals surface area contributed by atoms with E-state index in [1.807, 2.05) is 0 Å². The number of methoxy groups -OCH3 is 1.